The standard InChI is InChI=1S/C11H6F2N4OS/c12-5-1-2-6(8(13)3-5)7-4-14-17-9(7)15-10(19)16-11(17)18/h1-4,14H,(H,16,18,19). The highest BCUT2D eigenvalue weighted by Crippen LogP contribution is 2.25. The van der Waals surface area contributed by atoms with Crippen LogP contribution in [0, 0.1) is 16.4 Å². The Hall–Kier alpha value is -2.35. The lowest BCUT2D eigenvalue weighted by atomic mass is 10.1. The molecule has 0 aliphatic heterocycles. The van der Waals surface area contributed by atoms with Gasteiger partial charge in [0.25, 0.3) is 0 Å². The van der Waals surface area contributed by atoms with Crippen molar-refractivity contribution < 1.29 is 8.78 Å². The van der Waals surface area contributed by atoms with E-state index in [0.29, 0.717) is 5.56 Å². The van der Waals surface area contributed by atoms with E-state index in [9.17, 15) is 13.6 Å². The van der Waals surface area contributed by atoms with Crippen LogP contribution in [0.5, 0.6) is 0 Å². The van der Waals surface area contributed by atoms with Gasteiger partial charge in [0.1, 0.15) is 11.6 Å². The van der Waals surface area contributed by atoms with E-state index in [0.717, 1.165) is 16.6 Å². The van der Waals surface area contributed by atoms with E-state index in [1.54, 1.807) is 0 Å². The Bertz CT molecular complexity index is 896. The van der Waals surface area contributed by atoms with E-state index in [2.05, 4.69) is 15.1 Å². The molecule has 0 bridgehead atoms. The van der Waals surface area contributed by atoms with Crippen molar-refractivity contribution in [2.75, 3.05) is 0 Å². The lowest BCUT2D eigenvalue weighted by Gasteiger charge is -2.00. The minimum absolute atomic E-state index is 0.00614. The van der Waals surface area contributed by atoms with Gasteiger partial charge in [-0.2, -0.15) is 9.50 Å². The van der Waals surface area contributed by atoms with Crippen LogP contribution in [0.4, 0.5) is 8.78 Å². The molecule has 0 atom stereocenters. The van der Waals surface area contributed by atoms with Gasteiger partial charge in [-0.3, -0.25) is 10.1 Å². The van der Waals surface area contributed by atoms with Gasteiger partial charge in [-0.15, -0.1) is 0 Å². The normalized spacial score (nSPS) is 11.1. The van der Waals surface area contributed by atoms with E-state index < -0.39 is 17.3 Å². The Labute approximate surface area is 109 Å². The second-order valence-electron chi connectivity index (χ2n) is 3.82. The molecule has 5 nitrogen and oxygen atoms in total. The third kappa shape index (κ3) is 1.85. The molecule has 19 heavy (non-hydrogen) atoms. The SMILES string of the molecule is O=c1[nH]c(=S)nc2c(-c3ccc(F)cc3F)c[nH]n12. The van der Waals surface area contributed by atoms with Crippen molar-refractivity contribution in [1.29, 1.82) is 0 Å². The first-order chi connectivity index (χ1) is 9.06. The Morgan fingerprint density at radius 2 is 2.05 bits per heavy atom. The summed E-state index contributed by atoms with van der Waals surface area (Å²) in [5, 5.41) is 2.63. The quantitative estimate of drug-likeness (QED) is 0.670. The average Bonchev–Trinajstić information content (AvgIpc) is 2.73. The van der Waals surface area contributed by atoms with Crippen LogP contribution in [-0.2, 0) is 0 Å². The van der Waals surface area contributed by atoms with Gasteiger partial charge < -0.3 is 0 Å². The number of aromatic amines is 2. The second kappa shape index (κ2) is 4.09. The van der Waals surface area contributed by atoms with E-state index in [4.69, 9.17) is 12.2 Å². The molecule has 1 aromatic carbocycles. The molecule has 0 aliphatic rings. The van der Waals surface area contributed by atoms with Gasteiger partial charge in [-0.1, -0.05) is 0 Å². The molecule has 8 heteroatoms. The molecular weight excluding hydrogens is 274 g/mol. The van der Waals surface area contributed by atoms with Gasteiger partial charge in [-0.05, 0) is 24.4 Å². The number of H-pyrrole nitrogens is 2. The maximum absolute atomic E-state index is 13.7. The van der Waals surface area contributed by atoms with E-state index in [1.165, 1.54) is 12.3 Å². The molecule has 3 rings (SSSR count). The molecule has 2 aromatic heterocycles. The fourth-order valence-corrected chi connectivity index (χ4v) is 1.99. The summed E-state index contributed by atoms with van der Waals surface area (Å²) in [6, 6.07) is 3.17. The average molecular weight is 280 g/mol. The van der Waals surface area contributed by atoms with Crippen LogP contribution in [0.2, 0.25) is 0 Å². The molecule has 0 amide bonds. The zero-order valence-corrected chi connectivity index (χ0v) is 10.1. The number of nitrogens with zero attached hydrogens (tertiary/aromatic N) is 2. The van der Waals surface area contributed by atoms with Crippen molar-refractivity contribution in [3.8, 4) is 11.1 Å². The highest BCUT2D eigenvalue weighted by Gasteiger charge is 2.13. The summed E-state index contributed by atoms with van der Waals surface area (Å²) in [4.78, 5) is 17.9. The largest absolute Gasteiger partial charge is 0.348 e. The first-order valence-corrected chi connectivity index (χ1v) is 5.63. The van der Waals surface area contributed by atoms with Gasteiger partial charge in [0.15, 0.2) is 5.65 Å². The summed E-state index contributed by atoms with van der Waals surface area (Å²) in [5.74, 6) is -1.42. The molecule has 3 aromatic rings. The second-order valence-corrected chi connectivity index (χ2v) is 4.20. The molecule has 0 spiro atoms. The summed E-state index contributed by atoms with van der Waals surface area (Å²) in [7, 11) is 0. The van der Waals surface area contributed by atoms with E-state index in [-0.39, 0.29) is 16.0 Å². The number of fused-ring (bicyclic) bond motifs is 1. The highest BCUT2D eigenvalue weighted by molar-refractivity contribution is 7.71. The molecule has 0 fully saturated rings. The third-order valence-corrected chi connectivity index (χ3v) is 2.83. The summed E-state index contributed by atoms with van der Waals surface area (Å²) in [6.07, 6.45) is 1.41. The van der Waals surface area contributed by atoms with Crippen LogP contribution < -0.4 is 5.69 Å². The molecule has 0 saturated carbocycles. The van der Waals surface area contributed by atoms with Crippen molar-refractivity contribution in [2.45, 2.75) is 0 Å². The van der Waals surface area contributed by atoms with Crippen LogP contribution in [0.1, 0.15) is 0 Å². The third-order valence-electron chi connectivity index (χ3n) is 2.64. The van der Waals surface area contributed by atoms with Gasteiger partial charge >= 0.3 is 5.69 Å². The van der Waals surface area contributed by atoms with Crippen molar-refractivity contribution in [1.82, 2.24) is 19.6 Å². The lowest BCUT2D eigenvalue weighted by Crippen LogP contribution is -2.18. The van der Waals surface area contributed by atoms with Crippen molar-refractivity contribution >= 4 is 17.9 Å². The fraction of sp³-hybridized carbons (Fsp3) is 0. The molecule has 0 unspecified atom stereocenters. The molecule has 0 radical (unpaired) electrons. The summed E-state index contributed by atoms with van der Waals surface area (Å²) >= 11 is 4.81. The van der Waals surface area contributed by atoms with Gasteiger partial charge in [0, 0.05) is 23.4 Å². The van der Waals surface area contributed by atoms with E-state index >= 15 is 0 Å². The minimum Gasteiger partial charge on any atom is -0.295 e. The zero-order valence-electron chi connectivity index (χ0n) is 9.28. The van der Waals surface area contributed by atoms with Gasteiger partial charge in [0.05, 0.1) is 0 Å². The summed E-state index contributed by atoms with van der Waals surface area (Å²) < 4.78 is 27.7. The fourth-order valence-electron chi connectivity index (χ4n) is 1.82. The van der Waals surface area contributed by atoms with Gasteiger partial charge in [0.2, 0.25) is 4.77 Å². The Balaban J connectivity index is 2.37. The summed E-state index contributed by atoms with van der Waals surface area (Å²) in [5.41, 5.74) is 0.130. The molecule has 2 N–H and O–H groups in total. The minimum atomic E-state index is -0.741. The number of benzene rings is 1. The zero-order chi connectivity index (χ0) is 13.6. The molecule has 0 aliphatic carbocycles. The number of rotatable bonds is 1. The predicted molar refractivity (Wildman–Crippen MR) is 66.3 cm³/mol. The molecule has 2 heterocycles. The molecule has 0 saturated heterocycles. The molecular formula is C11H6F2N4OS. The van der Waals surface area contributed by atoms with Crippen LogP contribution in [0.15, 0.2) is 29.2 Å². The number of nitrogens with one attached hydrogen (secondary N) is 2. The Kier molecular flexibility index (Phi) is 2.53. The van der Waals surface area contributed by atoms with Crippen molar-refractivity contribution in [3.05, 3.63) is 51.3 Å². The first kappa shape index (κ1) is 11.7. The Morgan fingerprint density at radius 1 is 1.26 bits per heavy atom. The first-order valence-electron chi connectivity index (χ1n) is 5.22. The van der Waals surface area contributed by atoms with Crippen LogP contribution in [0.25, 0.3) is 16.8 Å². The number of hydrogen-bond acceptors (Lipinski definition) is 3. The molecule has 96 valence electrons. The van der Waals surface area contributed by atoms with Crippen molar-refractivity contribution in [2.24, 2.45) is 0 Å². The van der Waals surface area contributed by atoms with Gasteiger partial charge in [-0.25, -0.2) is 13.6 Å². The number of aromatic nitrogens is 4. The lowest BCUT2D eigenvalue weighted by molar-refractivity contribution is 0.585. The van der Waals surface area contributed by atoms with E-state index in [1.807, 2.05) is 0 Å². The van der Waals surface area contributed by atoms with Crippen LogP contribution in [0.3, 0.4) is 0 Å². The Morgan fingerprint density at radius 3 is 2.79 bits per heavy atom. The topological polar surface area (TPSA) is 66.0 Å². The van der Waals surface area contributed by atoms with Crippen LogP contribution in [-0.4, -0.2) is 19.6 Å². The maximum Gasteiger partial charge on any atom is 0.348 e. The highest BCUT2D eigenvalue weighted by atomic mass is 32.1. The predicted octanol–water partition coefficient (Wildman–Crippen LogP) is 2.03. The maximum atomic E-state index is 13.7. The van der Waals surface area contributed by atoms with Crippen LogP contribution >= 0.6 is 12.2 Å². The number of hydrogen-bond donors (Lipinski definition) is 2. The monoisotopic (exact) mass is 280 g/mol. The summed E-state index contributed by atoms with van der Waals surface area (Å²) in [6.45, 7) is 0. The van der Waals surface area contributed by atoms with Crippen molar-refractivity contribution in [3.63, 3.8) is 0 Å². The smallest absolute Gasteiger partial charge is 0.295 e. The number of halogens is 2.